The molecule has 0 radical (unpaired) electrons. The highest BCUT2D eigenvalue weighted by molar-refractivity contribution is 6.31. The van der Waals surface area contributed by atoms with E-state index in [2.05, 4.69) is 46.1 Å². The molecule has 250 valence electrons. The first-order valence-corrected chi connectivity index (χ1v) is 18.1. The van der Waals surface area contributed by atoms with E-state index >= 15 is 0 Å². The topological polar surface area (TPSA) is 111 Å². The minimum atomic E-state index is -0.670. The number of ether oxygens (including phenoxy) is 1. The molecule has 3 saturated heterocycles. The molecule has 5 fully saturated rings. The van der Waals surface area contributed by atoms with Crippen molar-refractivity contribution in [3.05, 3.63) is 64.4 Å². The molecule has 3 aliphatic heterocycles. The normalized spacial score (nSPS) is 25.3. The molecular weight excluding hydrogens is 612 g/mol. The van der Waals surface area contributed by atoms with Crippen molar-refractivity contribution in [3.63, 3.8) is 0 Å². The molecule has 3 aromatic rings. The Labute approximate surface area is 281 Å². The van der Waals surface area contributed by atoms with E-state index in [1.54, 1.807) is 0 Å². The minimum Gasteiger partial charge on any atom is -0.381 e. The van der Waals surface area contributed by atoms with Gasteiger partial charge in [0.25, 0.3) is 0 Å². The van der Waals surface area contributed by atoms with Crippen molar-refractivity contribution < 1.29 is 14.3 Å². The summed E-state index contributed by atoms with van der Waals surface area (Å²) in [7, 11) is 0. The van der Waals surface area contributed by atoms with Crippen molar-refractivity contribution >= 4 is 34.6 Å². The number of aromatic nitrogens is 2. The molecule has 9 nitrogen and oxygen atoms in total. The Balaban J connectivity index is 1.16. The van der Waals surface area contributed by atoms with Crippen molar-refractivity contribution in [3.8, 4) is 0 Å². The Morgan fingerprint density at radius 1 is 1.02 bits per heavy atom. The largest absolute Gasteiger partial charge is 0.381 e. The number of H-pyrrole nitrogens is 1. The molecule has 2 saturated carbocycles. The van der Waals surface area contributed by atoms with Crippen molar-refractivity contribution in [2.24, 2.45) is 10.8 Å². The second-order valence-electron chi connectivity index (χ2n) is 15.2. The van der Waals surface area contributed by atoms with Crippen LogP contribution in [0.1, 0.15) is 93.6 Å². The molecule has 47 heavy (non-hydrogen) atoms. The molecular formula is C37H47ClN6O3. The zero-order valence-electron chi connectivity index (χ0n) is 27.4. The summed E-state index contributed by atoms with van der Waals surface area (Å²) in [5, 5.41) is 11.2. The van der Waals surface area contributed by atoms with Gasteiger partial charge in [-0.1, -0.05) is 49.2 Å². The quantitative estimate of drug-likeness (QED) is 0.239. The number of hydrogen-bond acceptors (Lipinski definition) is 5. The predicted molar refractivity (Wildman–Crippen MR) is 183 cm³/mol. The second-order valence-corrected chi connectivity index (χ2v) is 15.6. The molecule has 4 heterocycles. The van der Waals surface area contributed by atoms with Crippen LogP contribution in [0, 0.1) is 10.8 Å². The molecule has 4 N–H and O–H groups in total. The first-order chi connectivity index (χ1) is 22.8. The van der Waals surface area contributed by atoms with Crippen LogP contribution in [0.5, 0.6) is 0 Å². The number of imidazole rings is 1. The maximum absolute atomic E-state index is 14.3. The number of fused-ring (bicyclic) bond motifs is 1. The van der Waals surface area contributed by atoms with E-state index in [0.29, 0.717) is 31.1 Å². The zero-order valence-corrected chi connectivity index (χ0v) is 28.1. The first kappa shape index (κ1) is 31.1. The lowest BCUT2D eigenvalue weighted by Gasteiger charge is -2.45. The number of halogens is 1. The van der Waals surface area contributed by atoms with E-state index < -0.39 is 11.5 Å². The standard InChI is InChI=1S/C37H47ClN6O3/c1-35(13-14-35)30(25-7-2-3-8-26(25)38)31(43-34(46)44-17-4-5-18-44)32-40-27-10-9-24(21-28(27)41-32)37(15-19-47-20-16-37)33(45)42-29-22-39-23-36(29)11-6-12-36/h2-3,7-10,21,29-31,39H,4-6,11-20,22-23H2,1H3,(H,40,41)(H,42,45)(H,43,46)/t29-,30-,31-/m0/s1. The lowest BCUT2D eigenvalue weighted by atomic mass is 9.65. The molecule has 3 amide bonds. The average molecular weight is 659 g/mol. The molecule has 2 aromatic carbocycles. The van der Waals surface area contributed by atoms with Crippen molar-refractivity contribution in [1.82, 2.24) is 30.8 Å². The Bertz CT molecular complexity index is 1650. The van der Waals surface area contributed by atoms with Gasteiger partial charge in [0.1, 0.15) is 5.82 Å². The van der Waals surface area contributed by atoms with Crippen LogP contribution in [0.3, 0.4) is 0 Å². The molecule has 3 atom stereocenters. The van der Waals surface area contributed by atoms with Gasteiger partial charge >= 0.3 is 6.03 Å². The fourth-order valence-electron chi connectivity index (χ4n) is 8.95. The highest BCUT2D eigenvalue weighted by Crippen LogP contribution is 2.60. The van der Waals surface area contributed by atoms with E-state index in [-0.39, 0.29) is 34.7 Å². The molecule has 0 unspecified atom stereocenters. The van der Waals surface area contributed by atoms with E-state index in [1.807, 2.05) is 29.2 Å². The van der Waals surface area contributed by atoms with Crippen molar-refractivity contribution in [2.75, 3.05) is 39.4 Å². The zero-order chi connectivity index (χ0) is 32.2. The highest BCUT2D eigenvalue weighted by Gasteiger charge is 2.52. The summed E-state index contributed by atoms with van der Waals surface area (Å²) >= 11 is 6.86. The van der Waals surface area contributed by atoms with Gasteiger partial charge in [-0.05, 0) is 86.1 Å². The molecule has 1 aromatic heterocycles. The first-order valence-electron chi connectivity index (χ1n) is 17.7. The number of amides is 3. The number of likely N-dealkylation sites (tertiary alicyclic amines) is 1. The third-order valence-corrected chi connectivity index (χ3v) is 12.7. The van der Waals surface area contributed by atoms with E-state index in [4.69, 9.17) is 21.3 Å². The van der Waals surface area contributed by atoms with E-state index in [0.717, 1.165) is 79.8 Å². The summed E-state index contributed by atoms with van der Waals surface area (Å²) < 4.78 is 5.79. The average Bonchev–Trinajstić information content (AvgIpc) is 3.49. The number of nitrogens with one attached hydrogen (secondary N) is 4. The van der Waals surface area contributed by atoms with Crippen molar-refractivity contribution in [1.29, 1.82) is 0 Å². The number of urea groups is 1. The Morgan fingerprint density at radius 2 is 1.79 bits per heavy atom. The SMILES string of the molecule is CC1([C@@H](c2ccccc2Cl)[C@H](NC(=O)N2CCCC2)c2nc3ccc(C4(C(=O)N[C@H]5CNCC56CCC6)CCOCC4)cc3[nH]2)CC1. The van der Waals surface area contributed by atoms with Gasteiger partial charge in [-0.3, -0.25) is 4.79 Å². The Morgan fingerprint density at radius 3 is 2.49 bits per heavy atom. The fraction of sp³-hybridized carbons (Fsp3) is 0.595. The highest BCUT2D eigenvalue weighted by atomic mass is 35.5. The molecule has 10 heteroatoms. The Kier molecular flexibility index (Phi) is 8.00. The van der Waals surface area contributed by atoms with Crippen LogP contribution >= 0.6 is 11.6 Å². The van der Waals surface area contributed by atoms with Gasteiger partial charge in [-0.15, -0.1) is 0 Å². The van der Waals surface area contributed by atoms with E-state index in [9.17, 15) is 9.59 Å². The van der Waals surface area contributed by atoms with Crippen LogP contribution in [0.15, 0.2) is 42.5 Å². The molecule has 5 aliphatic rings. The maximum Gasteiger partial charge on any atom is 0.318 e. The summed E-state index contributed by atoms with van der Waals surface area (Å²) in [6.45, 7) is 6.74. The van der Waals surface area contributed by atoms with Gasteiger partial charge in [0.05, 0.1) is 22.5 Å². The second kappa shape index (κ2) is 12.1. The number of carbonyl (C=O) groups is 2. The van der Waals surface area contributed by atoms with E-state index in [1.165, 1.54) is 19.3 Å². The molecule has 8 rings (SSSR count). The summed E-state index contributed by atoms with van der Waals surface area (Å²) in [6, 6.07) is 13.9. The number of hydrogen-bond donors (Lipinski definition) is 4. The summed E-state index contributed by atoms with van der Waals surface area (Å²) in [6.07, 6.45) is 9.02. The molecule has 1 spiro atoms. The number of aromatic amines is 1. The van der Waals surface area contributed by atoms with Crippen molar-refractivity contribution in [2.45, 2.75) is 88.1 Å². The number of rotatable bonds is 8. The van der Waals surface area contributed by atoms with Gasteiger partial charge in [0, 0.05) is 61.8 Å². The molecule has 2 aliphatic carbocycles. The van der Waals surface area contributed by atoms with Crippen LogP contribution in [0.25, 0.3) is 11.0 Å². The van der Waals surface area contributed by atoms with Crippen LogP contribution < -0.4 is 16.0 Å². The smallest absolute Gasteiger partial charge is 0.318 e. The number of nitrogens with zero attached hydrogens (tertiary/aromatic N) is 2. The molecule has 0 bridgehead atoms. The lowest BCUT2D eigenvalue weighted by Crippen LogP contribution is -2.56. The third kappa shape index (κ3) is 5.52. The lowest BCUT2D eigenvalue weighted by molar-refractivity contribution is -0.132. The van der Waals surface area contributed by atoms with Crippen LogP contribution in [0.4, 0.5) is 4.79 Å². The van der Waals surface area contributed by atoms with Crippen LogP contribution in [-0.2, 0) is 14.9 Å². The summed E-state index contributed by atoms with van der Waals surface area (Å²) in [5.41, 5.74) is 3.22. The minimum absolute atomic E-state index is 0.0186. The third-order valence-electron chi connectivity index (χ3n) is 12.4. The van der Waals surface area contributed by atoms with Crippen LogP contribution in [0.2, 0.25) is 5.02 Å². The maximum atomic E-state index is 14.3. The predicted octanol–water partition coefficient (Wildman–Crippen LogP) is 5.95. The van der Waals surface area contributed by atoms with Gasteiger partial charge < -0.3 is 30.6 Å². The fourth-order valence-corrected chi connectivity index (χ4v) is 9.20. The monoisotopic (exact) mass is 658 g/mol. The summed E-state index contributed by atoms with van der Waals surface area (Å²) in [5.74, 6) is 0.766. The van der Waals surface area contributed by atoms with Gasteiger partial charge in [0.2, 0.25) is 5.91 Å². The summed E-state index contributed by atoms with van der Waals surface area (Å²) in [4.78, 5) is 38.7. The van der Waals surface area contributed by atoms with Gasteiger partial charge in [-0.2, -0.15) is 0 Å². The number of carbonyl (C=O) groups excluding carboxylic acids is 2. The Hall–Kier alpha value is -3.14. The van der Waals surface area contributed by atoms with Gasteiger partial charge in [-0.25, -0.2) is 9.78 Å². The van der Waals surface area contributed by atoms with Gasteiger partial charge in [0.15, 0.2) is 0 Å². The number of benzene rings is 2. The van der Waals surface area contributed by atoms with Crippen LogP contribution in [-0.4, -0.2) is 72.2 Å².